The summed E-state index contributed by atoms with van der Waals surface area (Å²) in [5, 5.41) is 6.69. The van der Waals surface area contributed by atoms with Gasteiger partial charge >= 0.3 is 0 Å². The molecule has 0 saturated carbocycles. The molecule has 8 heteroatoms. The normalized spacial score (nSPS) is 11.6. The SMILES string of the molecule is CCCCCOc1c(C=NNC(=O)C(C)C(=O)Nc2ccc(OC)cc2)cccc1OC. The molecule has 1 unspecified atom stereocenters. The molecule has 0 heterocycles. The summed E-state index contributed by atoms with van der Waals surface area (Å²) in [5.74, 6) is -0.0816. The smallest absolute Gasteiger partial charge is 0.252 e. The van der Waals surface area contributed by atoms with Crippen molar-refractivity contribution in [2.24, 2.45) is 11.0 Å². The van der Waals surface area contributed by atoms with Crippen molar-refractivity contribution in [3.05, 3.63) is 48.0 Å². The summed E-state index contributed by atoms with van der Waals surface area (Å²) in [5.41, 5.74) is 3.64. The van der Waals surface area contributed by atoms with Crippen molar-refractivity contribution < 1.29 is 23.8 Å². The minimum absolute atomic E-state index is 0.441. The Bertz CT molecular complexity index is 912. The molecule has 0 aliphatic heterocycles. The van der Waals surface area contributed by atoms with Gasteiger partial charge in [0.15, 0.2) is 11.5 Å². The lowest BCUT2D eigenvalue weighted by Crippen LogP contribution is -2.34. The summed E-state index contributed by atoms with van der Waals surface area (Å²) in [6.45, 7) is 4.20. The molecule has 2 N–H and O–H groups in total. The number of methoxy groups -OCH3 is 2. The first-order valence-electron chi connectivity index (χ1n) is 10.6. The number of nitrogens with zero attached hydrogens (tertiary/aromatic N) is 1. The first-order chi connectivity index (χ1) is 15.5. The van der Waals surface area contributed by atoms with Gasteiger partial charge in [0.05, 0.1) is 27.0 Å². The lowest BCUT2D eigenvalue weighted by Gasteiger charge is -2.13. The van der Waals surface area contributed by atoms with Crippen molar-refractivity contribution in [3.63, 3.8) is 0 Å². The molecule has 0 aromatic heterocycles. The molecule has 1 atom stereocenters. The molecular weight excluding hydrogens is 410 g/mol. The number of para-hydroxylation sites is 1. The third-order valence-electron chi connectivity index (χ3n) is 4.75. The zero-order chi connectivity index (χ0) is 23.3. The van der Waals surface area contributed by atoms with Gasteiger partial charge in [-0.3, -0.25) is 9.59 Å². The molecule has 2 aromatic carbocycles. The first-order valence-corrected chi connectivity index (χ1v) is 10.6. The number of amides is 2. The quantitative estimate of drug-likeness (QED) is 0.225. The standard InChI is InChI=1S/C24H31N3O5/c1-5-6-7-15-32-22-18(9-8-10-21(22)31-4)16-25-27-24(29)17(2)23(28)26-19-11-13-20(30-3)14-12-19/h8-14,16-17H,5-7,15H2,1-4H3,(H,26,28)(H,27,29). The maximum Gasteiger partial charge on any atom is 0.252 e. The van der Waals surface area contributed by atoms with E-state index in [9.17, 15) is 9.59 Å². The third kappa shape index (κ3) is 7.30. The average Bonchev–Trinajstić information content (AvgIpc) is 2.82. The molecule has 2 rings (SSSR count). The number of carbonyl (C=O) groups excluding carboxylic acids is 2. The number of unbranched alkanes of at least 4 members (excludes halogenated alkanes) is 2. The summed E-state index contributed by atoms with van der Waals surface area (Å²) >= 11 is 0. The van der Waals surface area contributed by atoms with Crippen LogP contribution in [0.5, 0.6) is 17.2 Å². The Morgan fingerprint density at radius 3 is 2.44 bits per heavy atom. The van der Waals surface area contributed by atoms with Crippen molar-refractivity contribution >= 4 is 23.7 Å². The van der Waals surface area contributed by atoms with E-state index in [1.54, 1.807) is 44.6 Å². The number of hydrogen-bond donors (Lipinski definition) is 2. The van der Waals surface area contributed by atoms with Crippen molar-refractivity contribution in [1.82, 2.24) is 5.43 Å². The second-order valence-electron chi connectivity index (χ2n) is 7.11. The van der Waals surface area contributed by atoms with Gasteiger partial charge < -0.3 is 19.5 Å². The van der Waals surface area contributed by atoms with Crippen LogP contribution in [0.4, 0.5) is 5.69 Å². The van der Waals surface area contributed by atoms with E-state index in [4.69, 9.17) is 14.2 Å². The van der Waals surface area contributed by atoms with E-state index in [-0.39, 0.29) is 0 Å². The van der Waals surface area contributed by atoms with E-state index in [0.29, 0.717) is 35.1 Å². The first kappa shape index (κ1) is 24.7. The van der Waals surface area contributed by atoms with E-state index in [1.165, 1.54) is 13.1 Å². The predicted molar refractivity (Wildman–Crippen MR) is 125 cm³/mol. The Kier molecular flexibility index (Phi) is 10.0. The molecule has 0 spiro atoms. The van der Waals surface area contributed by atoms with E-state index >= 15 is 0 Å². The number of benzene rings is 2. The molecule has 32 heavy (non-hydrogen) atoms. The summed E-state index contributed by atoms with van der Waals surface area (Å²) in [7, 11) is 3.13. The van der Waals surface area contributed by atoms with Crippen molar-refractivity contribution in [3.8, 4) is 17.2 Å². The lowest BCUT2D eigenvalue weighted by atomic mass is 10.1. The minimum atomic E-state index is -0.940. The van der Waals surface area contributed by atoms with Crippen LogP contribution in [0.1, 0.15) is 38.7 Å². The highest BCUT2D eigenvalue weighted by Gasteiger charge is 2.21. The van der Waals surface area contributed by atoms with Crippen LogP contribution < -0.4 is 25.0 Å². The highest BCUT2D eigenvalue weighted by molar-refractivity contribution is 6.06. The number of rotatable bonds is 12. The van der Waals surface area contributed by atoms with Crippen molar-refractivity contribution in [2.45, 2.75) is 33.1 Å². The number of hydrazone groups is 1. The van der Waals surface area contributed by atoms with Gasteiger partial charge in [0.2, 0.25) is 5.91 Å². The molecule has 2 amide bonds. The molecular formula is C24H31N3O5. The monoisotopic (exact) mass is 441 g/mol. The van der Waals surface area contributed by atoms with Gasteiger partial charge in [-0.15, -0.1) is 0 Å². The maximum absolute atomic E-state index is 12.4. The predicted octanol–water partition coefficient (Wildman–Crippen LogP) is 4.00. The molecule has 0 aliphatic carbocycles. The fourth-order valence-corrected chi connectivity index (χ4v) is 2.78. The Labute approximate surface area is 188 Å². The number of carbonyl (C=O) groups is 2. The fourth-order valence-electron chi connectivity index (χ4n) is 2.78. The summed E-state index contributed by atoms with van der Waals surface area (Å²) < 4.78 is 16.3. The third-order valence-corrected chi connectivity index (χ3v) is 4.75. The average molecular weight is 442 g/mol. The number of anilines is 1. The fraction of sp³-hybridized carbons (Fsp3) is 0.375. The van der Waals surface area contributed by atoms with Crippen molar-refractivity contribution in [2.75, 3.05) is 26.1 Å². The zero-order valence-corrected chi connectivity index (χ0v) is 19.0. The van der Waals surface area contributed by atoms with Gasteiger partial charge in [-0.1, -0.05) is 25.8 Å². The molecule has 0 radical (unpaired) electrons. The van der Waals surface area contributed by atoms with Gasteiger partial charge in [0.25, 0.3) is 5.91 Å². The van der Waals surface area contributed by atoms with E-state index in [0.717, 1.165) is 19.3 Å². The highest BCUT2D eigenvalue weighted by atomic mass is 16.5. The van der Waals surface area contributed by atoms with Crippen LogP contribution >= 0.6 is 0 Å². The molecule has 172 valence electrons. The summed E-state index contributed by atoms with van der Waals surface area (Å²) in [6.07, 6.45) is 4.58. The Morgan fingerprint density at radius 1 is 1.03 bits per heavy atom. The van der Waals surface area contributed by atoms with E-state index < -0.39 is 17.7 Å². The number of ether oxygens (including phenoxy) is 3. The highest BCUT2D eigenvalue weighted by Crippen LogP contribution is 2.30. The van der Waals surface area contributed by atoms with Crippen LogP contribution in [-0.2, 0) is 9.59 Å². The molecule has 0 saturated heterocycles. The van der Waals surface area contributed by atoms with Gasteiger partial charge in [-0.2, -0.15) is 5.10 Å². The molecule has 8 nitrogen and oxygen atoms in total. The van der Waals surface area contributed by atoms with Crippen LogP contribution in [0.15, 0.2) is 47.6 Å². The van der Waals surface area contributed by atoms with Gasteiger partial charge in [-0.25, -0.2) is 5.43 Å². The van der Waals surface area contributed by atoms with Crippen LogP contribution in [-0.4, -0.2) is 38.9 Å². The molecule has 0 fully saturated rings. The largest absolute Gasteiger partial charge is 0.497 e. The Morgan fingerprint density at radius 2 is 1.78 bits per heavy atom. The molecule has 2 aromatic rings. The number of hydrogen-bond acceptors (Lipinski definition) is 6. The lowest BCUT2D eigenvalue weighted by molar-refractivity contribution is -0.131. The molecule has 0 bridgehead atoms. The zero-order valence-electron chi connectivity index (χ0n) is 19.0. The van der Waals surface area contributed by atoms with E-state index in [2.05, 4.69) is 22.8 Å². The van der Waals surface area contributed by atoms with Crippen molar-refractivity contribution in [1.29, 1.82) is 0 Å². The maximum atomic E-state index is 12.4. The van der Waals surface area contributed by atoms with Crippen LogP contribution in [0, 0.1) is 5.92 Å². The number of nitrogens with one attached hydrogen (secondary N) is 2. The van der Waals surface area contributed by atoms with Gasteiger partial charge in [-0.05, 0) is 49.7 Å². The topological polar surface area (TPSA) is 98.2 Å². The second kappa shape index (κ2) is 13.0. The molecule has 0 aliphatic rings. The van der Waals surface area contributed by atoms with E-state index in [1.807, 2.05) is 12.1 Å². The minimum Gasteiger partial charge on any atom is -0.497 e. The Hall–Kier alpha value is -3.55. The second-order valence-corrected chi connectivity index (χ2v) is 7.11. The van der Waals surface area contributed by atoms with Gasteiger partial charge in [0.1, 0.15) is 11.7 Å². The van der Waals surface area contributed by atoms with Crippen LogP contribution in [0.2, 0.25) is 0 Å². The Balaban J connectivity index is 1.97. The van der Waals surface area contributed by atoms with Crippen LogP contribution in [0.3, 0.4) is 0 Å². The van der Waals surface area contributed by atoms with Gasteiger partial charge in [0, 0.05) is 11.3 Å². The summed E-state index contributed by atoms with van der Waals surface area (Å²) in [4.78, 5) is 24.7. The summed E-state index contributed by atoms with van der Waals surface area (Å²) in [6, 6.07) is 12.3. The van der Waals surface area contributed by atoms with Crippen LogP contribution in [0.25, 0.3) is 0 Å².